The average molecular weight is 216 g/mol. The summed E-state index contributed by atoms with van der Waals surface area (Å²) in [6.07, 6.45) is -7.55. The lowest BCUT2D eigenvalue weighted by molar-refractivity contribution is -0.321. The molecule has 0 bridgehead atoms. The third-order valence-electron chi connectivity index (χ3n) is 2.39. The fourth-order valence-corrected chi connectivity index (χ4v) is 1.09. The molecule has 0 aromatic carbocycles. The highest BCUT2D eigenvalue weighted by Gasteiger charge is 2.46. The maximum Gasteiger partial charge on any atom is 0.416 e. The van der Waals surface area contributed by atoms with Crippen molar-refractivity contribution in [2.75, 3.05) is 19.8 Å². The van der Waals surface area contributed by atoms with Crippen LogP contribution in [-0.2, 0) is 9.47 Å². The number of alkyl halides is 4. The van der Waals surface area contributed by atoms with E-state index >= 15 is 0 Å². The summed E-state index contributed by atoms with van der Waals surface area (Å²) in [4.78, 5) is 0. The molecule has 0 radical (unpaired) electrons. The van der Waals surface area contributed by atoms with E-state index in [-0.39, 0.29) is 6.61 Å². The van der Waals surface area contributed by atoms with Crippen LogP contribution in [0.3, 0.4) is 0 Å². The molecule has 0 N–H and O–H groups in total. The van der Waals surface area contributed by atoms with Gasteiger partial charge < -0.3 is 9.47 Å². The van der Waals surface area contributed by atoms with Crippen LogP contribution in [-0.4, -0.2) is 32.4 Å². The molecule has 0 aromatic rings. The van der Waals surface area contributed by atoms with Crippen LogP contribution in [0.25, 0.3) is 0 Å². The second kappa shape index (κ2) is 4.02. The predicted molar refractivity (Wildman–Crippen MR) is 40.4 cm³/mol. The molecule has 0 aromatic heterocycles. The van der Waals surface area contributed by atoms with Gasteiger partial charge in [0.2, 0.25) is 0 Å². The molecule has 0 unspecified atom stereocenters. The molecule has 0 atom stereocenters. The van der Waals surface area contributed by atoms with Gasteiger partial charge in [-0.2, -0.15) is 8.78 Å². The van der Waals surface area contributed by atoms with Crippen LogP contribution >= 0.6 is 0 Å². The minimum atomic E-state index is -4.35. The Morgan fingerprint density at radius 2 is 2.00 bits per heavy atom. The van der Waals surface area contributed by atoms with E-state index in [9.17, 15) is 17.6 Å². The number of halogens is 4. The van der Waals surface area contributed by atoms with Gasteiger partial charge in [-0.05, 0) is 6.42 Å². The zero-order valence-electron chi connectivity index (χ0n) is 7.73. The van der Waals surface area contributed by atoms with Crippen LogP contribution < -0.4 is 0 Å². The zero-order chi connectivity index (χ0) is 10.8. The van der Waals surface area contributed by atoms with Crippen molar-refractivity contribution in [3.63, 3.8) is 0 Å². The van der Waals surface area contributed by atoms with Crippen molar-refractivity contribution in [2.24, 2.45) is 5.41 Å². The quantitative estimate of drug-likeness (QED) is 0.656. The molecule has 1 saturated heterocycles. The Morgan fingerprint density at radius 1 is 1.43 bits per heavy atom. The van der Waals surface area contributed by atoms with Crippen LogP contribution in [0.1, 0.15) is 13.3 Å². The highest BCUT2D eigenvalue weighted by Crippen LogP contribution is 2.34. The Bertz CT molecular complexity index is 184. The second-order valence-electron chi connectivity index (χ2n) is 3.50. The SMILES string of the molecule is CCC1(COC(F)(F)C(F)F)COC1. The molecule has 84 valence electrons. The molecule has 1 aliphatic rings. The second-order valence-corrected chi connectivity index (χ2v) is 3.50. The lowest BCUT2D eigenvalue weighted by Crippen LogP contribution is -2.48. The fraction of sp³-hybridized carbons (Fsp3) is 1.00. The van der Waals surface area contributed by atoms with Gasteiger partial charge in [0, 0.05) is 5.41 Å². The molecule has 0 amide bonds. The molecule has 0 saturated carbocycles. The van der Waals surface area contributed by atoms with Crippen LogP contribution in [0, 0.1) is 5.41 Å². The van der Waals surface area contributed by atoms with Gasteiger partial charge in [0.1, 0.15) is 0 Å². The Labute approximate surface area is 79.2 Å². The molecule has 14 heavy (non-hydrogen) atoms. The minimum absolute atomic E-state index is 0.294. The van der Waals surface area contributed by atoms with E-state index in [1.807, 2.05) is 0 Å². The van der Waals surface area contributed by atoms with Gasteiger partial charge in [0.15, 0.2) is 0 Å². The summed E-state index contributed by atoms with van der Waals surface area (Å²) in [5, 5.41) is 0. The summed E-state index contributed by atoms with van der Waals surface area (Å²) >= 11 is 0. The molecule has 0 aliphatic carbocycles. The van der Waals surface area contributed by atoms with Crippen LogP contribution in [0.5, 0.6) is 0 Å². The van der Waals surface area contributed by atoms with Crippen molar-refractivity contribution < 1.29 is 27.0 Å². The first-order chi connectivity index (χ1) is 6.42. The Hall–Kier alpha value is -0.360. The van der Waals surface area contributed by atoms with Crippen molar-refractivity contribution in [1.82, 2.24) is 0 Å². The largest absolute Gasteiger partial charge is 0.416 e. The standard InChI is InChI=1S/C8H12F4O2/c1-2-7(3-13-4-7)5-14-8(11,12)6(9)10/h6H,2-5H2,1H3. The number of hydrogen-bond donors (Lipinski definition) is 0. The molecule has 1 fully saturated rings. The van der Waals surface area contributed by atoms with Crippen molar-refractivity contribution in [1.29, 1.82) is 0 Å². The van der Waals surface area contributed by atoms with Gasteiger partial charge >= 0.3 is 12.5 Å². The minimum Gasteiger partial charge on any atom is -0.380 e. The molecule has 1 aliphatic heterocycles. The first-order valence-electron chi connectivity index (χ1n) is 4.29. The molecular weight excluding hydrogens is 204 g/mol. The van der Waals surface area contributed by atoms with E-state index in [0.717, 1.165) is 0 Å². The highest BCUT2D eigenvalue weighted by molar-refractivity contribution is 4.84. The summed E-state index contributed by atoms with van der Waals surface area (Å²) in [6, 6.07) is 0. The summed E-state index contributed by atoms with van der Waals surface area (Å²) in [5.41, 5.74) is -0.502. The first kappa shape index (κ1) is 11.7. The van der Waals surface area contributed by atoms with Gasteiger partial charge in [0.05, 0.1) is 19.8 Å². The molecule has 2 nitrogen and oxygen atoms in total. The van der Waals surface area contributed by atoms with Crippen molar-refractivity contribution in [2.45, 2.75) is 25.9 Å². The van der Waals surface area contributed by atoms with E-state index in [4.69, 9.17) is 4.74 Å². The topological polar surface area (TPSA) is 18.5 Å². The van der Waals surface area contributed by atoms with E-state index in [1.165, 1.54) is 0 Å². The summed E-state index contributed by atoms with van der Waals surface area (Å²) in [6.45, 7) is 1.98. The van der Waals surface area contributed by atoms with Gasteiger partial charge in [-0.25, -0.2) is 8.78 Å². The van der Waals surface area contributed by atoms with Crippen LogP contribution in [0.4, 0.5) is 17.6 Å². The third kappa shape index (κ3) is 2.36. The highest BCUT2D eigenvalue weighted by atomic mass is 19.3. The maximum absolute atomic E-state index is 12.4. The number of ether oxygens (including phenoxy) is 2. The van der Waals surface area contributed by atoms with Crippen molar-refractivity contribution >= 4 is 0 Å². The summed E-state index contributed by atoms with van der Waals surface area (Å²) in [7, 11) is 0. The van der Waals surface area contributed by atoms with E-state index in [1.54, 1.807) is 6.92 Å². The Balaban J connectivity index is 2.39. The van der Waals surface area contributed by atoms with E-state index < -0.39 is 17.9 Å². The molecular formula is C8H12F4O2. The van der Waals surface area contributed by atoms with Gasteiger partial charge in [-0.3, -0.25) is 0 Å². The summed E-state index contributed by atoms with van der Waals surface area (Å²) in [5.74, 6) is 0. The average Bonchev–Trinajstić information content (AvgIpc) is 2.02. The third-order valence-corrected chi connectivity index (χ3v) is 2.39. The zero-order valence-corrected chi connectivity index (χ0v) is 7.73. The smallest absolute Gasteiger partial charge is 0.380 e. The van der Waals surface area contributed by atoms with Crippen molar-refractivity contribution in [3.05, 3.63) is 0 Å². The number of hydrogen-bond acceptors (Lipinski definition) is 2. The molecule has 1 heterocycles. The monoisotopic (exact) mass is 216 g/mol. The molecule has 6 heteroatoms. The van der Waals surface area contributed by atoms with Crippen LogP contribution in [0.2, 0.25) is 0 Å². The lowest BCUT2D eigenvalue weighted by atomic mass is 9.84. The fourth-order valence-electron chi connectivity index (χ4n) is 1.09. The maximum atomic E-state index is 12.4. The van der Waals surface area contributed by atoms with Gasteiger partial charge in [0.25, 0.3) is 0 Å². The van der Waals surface area contributed by atoms with E-state index in [0.29, 0.717) is 19.6 Å². The molecule has 0 spiro atoms. The van der Waals surface area contributed by atoms with Crippen molar-refractivity contribution in [3.8, 4) is 0 Å². The van der Waals surface area contributed by atoms with Gasteiger partial charge in [-0.1, -0.05) is 6.92 Å². The normalized spacial score (nSPS) is 21.0. The van der Waals surface area contributed by atoms with Crippen LogP contribution in [0.15, 0.2) is 0 Å². The Morgan fingerprint density at radius 3 is 2.29 bits per heavy atom. The molecule has 1 rings (SSSR count). The van der Waals surface area contributed by atoms with E-state index in [2.05, 4.69) is 4.74 Å². The lowest BCUT2D eigenvalue weighted by Gasteiger charge is -2.41. The number of rotatable bonds is 5. The summed E-state index contributed by atoms with van der Waals surface area (Å²) < 4.78 is 56.9. The van der Waals surface area contributed by atoms with Gasteiger partial charge in [-0.15, -0.1) is 0 Å². The Kier molecular flexibility index (Phi) is 3.36. The first-order valence-corrected chi connectivity index (χ1v) is 4.29. The predicted octanol–water partition coefficient (Wildman–Crippen LogP) is 2.29.